The molecule has 2 aromatic heterocycles. The molecule has 0 aliphatic heterocycles. The van der Waals surface area contributed by atoms with Crippen molar-refractivity contribution < 1.29 is 0 Å². The maximum absolute atomic E-state index is 5.91. The molecule has 0 aliphatic rings. The summed E-state index contributed by atoms with van der Waals surface area (Å²) in [6, 6.07) is 5.99. The van der Waals surface area contributed by atoms with Crippen molar-refractivity contribution in [2.45, 2.75) is 38.5 Å². The second kappa shape index (κ2) is 5.80. The molecule has 4 heteroatoms. The first-order chi connectivity index (χ1) is 9.00. The van der Waals surface area contributed by atoms with E-state index in [0.717, 1.165) is 22.8 Å². The van der Waals surface area contributed by atoms with Crippen molar-refractivity contribution in [3.8, 4) is 0 Å². The number of nitrogens with zero attached hydrogens (tertiary/aromatic N) is 2. The minimum absolute atomic E-state index is 0.0961. The zero-order valence-electron chi connectivity index (χ0n) is 11.8. The van der Waals surface area contributed by atoms with Crippen molar-refractivity contribution in [1.29, 1.82) is 0 Å². The summed E-state index contributed by atoms with van der Waals surface area (Å²) in [7, 11) is 0. The third kappa shape index (κ3) is 3.61. The number of nitrogens with two attached hydrogens (primary N) is 1. The van der Waals surface area contributed by atoms with Crippen molar-refractivity contribution in [1.82, 2.24) is 9.97 Å². The fraction of sp³-hybridized carbons (Fsp3) is 0.467. The Balaban J connectivity index is 2.16. The highest BCUT2D eigenvalue weighted by Gasteiger charge is 2.21. The van der Waals surface area contributed by atoms with Gasteiger partial charge in [0.05, 0.1) is 10.7 Å². The van der Waals surface area contributed by atoms with Gasteiger partial charge in [0.2, 0.25) is 0 Å². The maximum Gasteiger partial charge on any atom is 0.0976 e. The first kappa shape index (κ1) is 14.2. The summed E-state index contributed by atoms with van der Waals surface area (Å²) in [5, 5.41) is 3.27. The molecule has 0 amide bonds. The highest BCUT2D eigenvalue weighted by Crippen LogP contribution is 2.28. The second-order valence-corrected chi connectivity index (χ2v) is 6.67. The molecule has 0 bridgehead atoms. The Bertz CT molecular complexity index is 514. The number of pyridine rings is 1. The van der Waals surface area contributed by atoms with E-state index in [1.807, 2.05) is 24.4 Å². The monoisotopic (exact) mass is 275 g/mol. The zero-order chi connectivity index (χ0) is 13.9. The largest absolute Gasteiger partial charge is 0.330 e. The van der Waals surface area contributed by atoms with Crippen LogP contribution < -0.4 is 5.73 Å². The molecule has 0 fully saturated rings. The van der Waals surface area contributed by atoms with Crippen LogP contribution >= 0.6 is 11.3 Å². The summed E-state index contributed by atoms with van der Waals surface area (Å²) < 4.78 is 0. The Morgan fingerprint density at radius 2 is 2.11 bits per heavy atom. The summed E-state index contributed by atoms with van der Waals surface area (Å²) in [6.45, 7) is 7.15. The van der Waals surface area contributed by atoms with Crippen LogP contribution in [0, 0.1) is 0 Å². The molecule has 3 nitrogen and oxygen atoms in total. The van der Waals surface area contributed by atoms with Crippen LogP contribution in [-0.4, -0.2) is 16.5 Å². The van der Waals surface area contributed by atoms with Gasteiger partial charge in [-0.05, 0) is 12.1 Å². The first-order valence-corrected chi connectivity index (χ1v) is 7.44. The molecule has 0 saturated heterocycles. The van der Waals surface area contributed by atoms with Crippen LogP contribution in [0.2, 0.25) is 0 Å². The minimum Gasteiger partial charge on any atom is -0.330 e. The maximum atomic E-state index is 5.91. The molecule has 0 aromatic carbocycles. The Hall–Kier alpha value is -1.26. The molecule has 0 radical (unpaired) electrons. The van der Waals surface area contributed by atoms with Gasteiger partial charge in [-0.2, -0.15) is 0 Å². The lowest BCUT2D eigenvalue weighted by atomic mass is 9.93. The summed E-state index contributed by atoms with van der Waals surface area (Å²) >= 11 is 1.71. The average Bonchev–Trinajstić information content (AvgIpc) is 2.86. The van der Waals surface area contributed by atoms with Gasteiger partial charge in [0.1, 0.15) is 0 Å². The number of hydrogen-bond donors (Lipinski definition) is 1. The minimum atomic E-state index is 0.0961. The molecule has 2 heterocycles. The van der Waals surface area contributed by atoms with Crippen LogP contribution in [0.3, 0.4) is 0 Å². The fourth-order valence-electron chi connectivity index (χ4n) is 1.86. The van der Waals surface area contributed by atoms with E-state index in [1.165, 1.54) is 0 Å². The van der Waals surface area contributed by atoms with Crippen molar-refractivity contribution in [3.63, 3.8) is 0 Å². The van der Waals surface area contributed by atoms with E-state index in [0.29, 0.717) is 6.54 Å². The average molecular weight is 275 g/mol. The van der Waals surface area contributed by atoms with Gasteiger partial charge in [0, 0.05) is 41.6 Å². The van der Waals surface area contributed by atoms with Crippen LogP contribution in [0.25, 0.3) is 0 Å². The topological polar surface area (TPSA) is 51.8 Å². The molecule has 2 N–H and O–H groups in total. The van der Waals surface area contributed by atoms with Crippen molar-refractivity contribution in [2.24, 2.45) is 5.73 Å². The third-order valence-corrected chi connectivity index (χ3v) is 4.11. The predicted octanol–water partition coefficient (Wildman–Crippen LogP) is 3.12. The van der Waals surface area contributed by atoms with Crippen LogP contribution in [0.5, 0.6) is 0 Å². The van der Waals surface area contributed by atoms with Crippen LogP contribution in [0.15, 0.2) is 29.8 Å². The number of hydrogen-bond acceptors (Lipinski definition) is 4. The summed E-state index contributed by atoms with van der Waals surface area (Å²) in [5.41, 5.74) is 8.23. The lowest BCUT2D eigenvalue weighted by Gasteiger charge is -2.15. The fourth-order valence-corrected chi connectivity index (χ4v) is 3.02. The molecular weight excluding hydrogens is 254 g/mol. The number of thiazole rings is 1. The van der Waals surface area contributed by atoms with E-state index in [1.54, 1.807) is 11.3 Å². The van der Waals surface area contributed by atoms with E-state index in [2.05, 4.69) is 31.1 Å². The quantitative estimate of drug-likeness (QED) is 0.932. The van der Waals surface area contributed by atoms with Crippen molar-refractivity contribution >= 4 is 11.3 Å². The molecule has 2 rings (SSSR count). The molecule has 2 aromatic rings. The highest BCUT2D eigenvalue weighted by atomic mass is 32.1. The molecule has 0 saturated carbocycles. The van der Waals surface area contributed by atoms with E-state index in [-0.39, 0.29) is 11.3 Å². The van der Waals surface area contributed by atoms with Gasteiger partial charge in [0.25, 0.3) is 0 Å². The molecule has 1 atom stereocenters. The summed E-state index contributed by atoms with van der Waals surface area (Å²) in [6.07, 6.45) is 2.68. The van der Waals surface area contributed by atoms with E-state index >= 15 is 0 Å². The molecule has 1 unspecified atom stereocenters. The highest BCUT2D eigenvalue weighted by molar-refractivity contribution is 7.09. The smallest absolute Gasteiger partial charge is 0.0976 e. The van der Waals surface area contributed by atoms with Crippen LogP contribution in [0.1, 0.15) is 43.1 Å². The van der Waals surface area contributed by atoms with Gasteiger partial charge < -0.3 is 5.73 Å². The van der Waals surface area contributed by atoms with Crippen LogP contribution in [0.4, 0.5) is 0 Å². The van der Waals surface area contributed by atoms with Gasteiger partial charge in [-0.15, -0.1) is 11.3 Å². The second-order valence-electron chi connectivity index (χ2n) is 5.78. The van der Waals surface area contributed by atoms with Crippen molar-refractivity contribution in [3.05, 3.63) is 46.2 Å². The number of rotatable bonds is 4. The molecule has 0 spiro atoms. The normalized spacial score (nSPS) is 13.5. The Labute approximate surface area is 118 Å². The summed E-state index contributed by atoms with van der Waals surface area (Å²) in [5.74, 6) is 0.260. The predicted molar refractivity (Wildman–Crippen MR) is 80.6 cm³/mol. The van der Waals surface area contributed by atoms with E-state index in [4.69, 9.17) is 10.7 Å². The molecule has 0 aliphatic carbocycles. The van der Waals surface area contributed by atoms with Gasteiger partial charge in [-0.1, -0.05) is 26.8 Å². The van der Waals surface area contributed by atoms with E-state index < -0.39 is 0 Å². The van der Waals surface area contributed by atoms with Gasteiger partial charge >= 0.3 is 0 Å². The van der Waals surface area contributed by atoms with Crippen LogP contribution in [-0.2, 0) is 11.8 Å². The standard InChI is InChI=1S/C15H21N3S/c1-15(2,3)13-10-19-14(18-13)11(9-16)8-12-6-4-5-7-17-12/h4-7,10-11H,8-9,16H2,1-3H3. The first-order valence-electron chi connectivity index (χ1n) is 6.56. The molecule has 102 valence electrons. The van der Waals surface area contributed by atoms with Gasteiger partial charge in [0.15, 0.2) is 0 Å². The molecular formula is C15H21N3S. The zero-order valence-corrected chi connectivity index (χ0v) is 12.6. The third-order valence-electron chi connectivity index (χ3n) is 3.11. The van der Waals surface area contributed by atoms with Gasteiger partial charge in [-0.25, -0.2) is 4.98 Å². The van der Waals surface area contributed by atoms with E-state index in [9.17, 15) is 0 Å². The van der Waals surface area contributed by atoms with Crippen molar-refractivity contribution in [2.75, 3.05) is 6.54 Å². The Kier molecular flexibility index (Phi) is 4.32. The Morgan fingerprint density at radius 3 is 2.63 bits per heavy atom. The SMILES string of the molecule is CC(C)(C)c1csc(C(CN)Cc2ccccn2)n1. The lowest BCUT2D eigenvalue weighted by molar-refractivity contribution is 0.565. The van der Waals surface area contributed by atoms with Gasteiger partial charge in [-0.3, -0.25) is 4.98 Å². The molecule has 19 heavy (non-hydrogen) atoms. The summed E-state index contributed by atoms with van der Waals surface area (Å²) in [4.78, 5) is 9.13. The lowest BCUT2D eigenvalue weighted by Crippen LogP contribution is -2.17. The Morgan fingerprint density at radius 1 is 1.32 bits per heavy atom. The number of aromatic nitrogens is 2.